The van der Waals surface area contributed by atoms with Crippen LogP contribution in [0, 0.1) is 10.1 Å². The molecule has 0 radical (unpaired) electrons. The third-order valence-electron chi connectivity index (χ3n) is 5.30. The highest BCUT2D eigenvalue weighted by Crippen LogP contribution is 2.44. The Labute approximate surface area is 172 Å². The summed E-state index contributed by atoms with van der Waals surface area (Å²) in [6.45, 7) is 0. The van der Waals surface area contributed by atoms with Crippen LogP contribution in [0.1, 0.15) is 22.6 Å². The minimum absolute atomic E-state index is 0.0229. The molecule has 0 aliphatic heterocycles. The number of carbonyl (C=O) groups excluding carboxylic acids is 1. The molecule has 0 bridgehead atoms. The van der Waals surface area contributed by atoms with E-state index in [9.17, 15) is 24.8 Å². The molecule has 0 fully saturated rings. The van der Waals surface area contributed by atoms with E-state index in [-0.39, 0.29) is 18.0 Å². The summed E-state index contributed by atoms with van der Waals surface area (Å²) in [7, 11) is 0. The molecule has 0 aromatic heterocycles. The zero-order chi connectivity index (χ0) is 21.3. The lowest BCUT2D eigenvalue weighted by molar-refractivity contribution is -0.384. The van der Waals surface area contributed by atoms with E-state index in [2.05, 4.69) is 5.32 Å². The molecule has 7 nitrogen and oxygen atoms in total. The largest absolute Gasteiger partial charge is 0.480 e. The zero-order valence-corrected chi connectivity index (χ0v) is 15.8. The van der Waals surface area contributed by atoms with Gasteiger partial charge in [-0.3, -0.25) is 14.9 Å². The Bertz CT molecular complexity index is 1090. The minimum Gasteiger partial charge on any atom is -0.480 e. The Morgan fingerprint density at radius 2 is 1.47 bits per heavy atom. The molecule has 0 spiro atoms. The third-order valence-corrected chi connectivity index (χ3v) is 5.30. The van der Waals surface area contributed by atoms with Crippen LogP contribution in [0.25, 0.3) is 11.1 Å². The van der Waals surface area contributed by atoms with Gasteiger partial charge >= 0.3 is 5.97 Å². The molecule has 30 heavy (non-hydrogen) atoms. The summed E-state index contributed by atoms with van der Waals surface area (Å²) >= 11 is 0. The van der Waals surface area contributed by atoms with Gasteiger partial charge in [-0.2, -0.15) is 0 Å². The van der Waals surface area contributed by atoms with Crippen LogP contribution in [0.4, 0.5) is 5.69 Å². The molecule has 0 heterocycles. The molecule has 0 saturated carbocycles. The van der Waals surface area contributed by atoms with Crippen LogP contribution in [-0.2, 0) is 16.0 Å². The van der Waals surface area contributed by atoms with Crippen LogP contribution in [0.5, 0.6) is 0 Å². The van der Waals surface area contributed by atoms with E-state index < -0.39 is 22.9 Å². The number of carboxylic acid groups (broad SMARTS) is 1. The lowest BCUT2D eigenvalue weighted by Gasteiger charge is -2.19. The van der Waals surface area contributed by atoms with Gasteiger partial charge in [-0.25, -0.2) is 4.79 Å². The van der Waals surface area contributed by atoms with Gasteiger partial charge in [-0.15, -0.1) is 0 Å². The number of amides is 1. The number of carbonyl (C=O) groups is 2. The summed E-state index contributed by atoms with van der Waals surface area (Å²) in [4.78, 5) is 35.2. The molecule has 0 saturated heterocycles. The monoisotopic (exact) mass is 402 g/mol. The molecular weight excluding hydrogens is 384 g/mol. The maximum absolute atomic E-state index is 13.2. The number of hydrogen-bond acceptors (Lipinski definition) is 4. The van der Waals surface area contributed by atoms with Crippen LogP contribution in [-0.4, -0.2) is 27.9 Å². The molecule has 2 N–H and O–H groups in total. The molecule has 1 atom stereocenters. The van der Waals surface area contributed by atoms with E-state index in [4.69, 9.17) is 0 Å². The molecule has 7 heteroatoms. The second-order valence-electron chi connectivity index (χ2n) is 7.13. The number of benzene rings is 3. The number of nitrogens with zero attached hydrogens (tertiary/aromatic N) is 1. The second kappa shape index (κ2) is 7.79. The van der Waals surface area contributed by atoms with Crippen molar-refractivity contribution in [1.82, 2.24) is 5.32 Å². The first-order chi connectivity index (χ1) is 14.5. The quantitative estimate of drug-likeness (QED) is 0.484. The number of carboxylic acids is 1. The van der Waals surface area contributed by atoms with Gasteiger partial charge in [0.05, 0.1) is 10.8 Å². The lowest BCUT2D eigenvalue weighted by Crippen LogP contribution is -2.44. The molecule has 3 aromatic carbocycles. The van der Waals surface area contributed by atoms with Crippen molar-refractivity contribution >= 4 is 17.6 Å². The Hall–Kier alpha value is -4.00. The van der Waals surface area contributed by atoms with Crippen molar-refractivity contribution in [2.45, 2.75) is 18.4 Å². The highest BCUT2D eigenvalue weighted by molar-refractivity contribution is 5.97. The smallest absolute Gasteiger partial charge is 0.326 e. The van der Waals surface area contributed by atoms with E-state index in [1.807, 2.05) is 48.5 Å². The minimum atomic E-state index is -1.17. The fourth-order valence-corrected chi connectivity index (χ4v) is 3.88. The molecule has 1 aliphatic carbocycles. The summed E-state index contributed by atoms with van der Waals surface area (Å²) < 4.78 is 0. The van der Waals surface area contributed by atoms with Crippen molar-refractivity contribution in [3.63, 3.8) is 0 Å². The lowest BCUT2D eigenvalue weighted by atomic mass is 9.95. The summed E-state index contributed by atoms with van der Waals surface area (Å²) in [6, 6.07) is 19.7. The standard InChI is InChI=1S/C23H18N2O5/c26-22(21-18-7-3-1-5-16(18)17-6-2-4-8-19(17)21)24-20(23(27)28)13-14-9-11-15(12-10-14)25(29)30/h1-12,20-21H,13H2,(H,24,26)(H,27,28)/t20-/m1/s1. The molecule has 1 amide bonds. The van der Waals surface area contributed by atoms with Gasteiger partial charge in [-0.05, 0) is 27.8 Å². The Morgan fingerprint density at radius 3 is 1.97 bits per heavy atom. The maximum atomic E-state index is 13.2. The average Bonchev–Trinajstić information content (AvgIpc) is 3.08. The van der Waals surface area contributed by atoms with E-state index in [0.29, 0.717) is 5.56 Å². The average molecular weight is 402 g/mol. The second-order valence-corrected chi connectivity index (χ2v) is 7.13. The van der Waals surface area contributed by atoms with Crippen molar-refractivity contribution in [1.29, 1.82) is 0 Å². The molecule has 4 rings (SSSR count). The predicted octanol–water partition coefficient (Wildman–Crippen LogP) is 3.52. The van der Waals surface area contributed by atoms with Crippen molar-refractivity contribution in [2.24, 2.45) is 0 Å². The molecule has 1 aliphatic rings. The number of non-ortho nitro benzene ring substituents is 1. The van der Waals surface area contributed by atoms with Gasteiger partial charge in [0.2, 0.25) is 5.91 Å². The van der Waals surface area contributed by atoms with Gasteiger partial charge < -0.3 is 10.4 Å². The number of nitro groups is 1. The third kappa shape index (κ3) is 3.53. The number of hydrogen-bond donors (Lipinski definition) is 2. The first-order valence-corrected chi connectivity index (χ1v) is 9.40. The van der Waals surface area contributed by atoms with Crippen LogP contribution >= 0.6 is 0 Å². The predicted molar refractivity (Wildman–Crippen MR) is 110 cm³/mol. The fraction of sp³-hybridized carbons (Fsp3) is 0.130. The number of fused-ring (bicyclic) bond motifs is 3. The van der Waals surface area contributed by atoms with Crippen molar-refractivity contribution < 1.29 is 19.6 Å². The molecule has 150 valence electrons. The Kier molecular flexibility index (Phi) is 5.02. The molecule has 0 unspecified atom stereocenters. The zero-order valence-electron chi connectivity index (χ0n) is 15.8. The summed E-state index contributed by atoms with van der Waals surface area (Å²) in [5, 5.41) is 23.1. The summed E-state index contributed by atoms with van der Waals surface area (Å²) in [6.07, 6.45) is 0.0229. The number of nitrogens with one attached hydrogen (secondary N) is 1. The Morgan fingerprint density at radius 1 is 0.933 bits per heavy atom. The van der Waals surface area contributed by atoms with Crippen LogP contribution in [0.15, 0.2) is 72.8 Å². The topological polar surface area (TPSA) is 110 Å². The van der Waals surface area contributed by atoms with Crippen molar-refractivity contribution in [3.05, 3.63) is 99.6 Å². The molecule has 3 aromatic rings. The highest BCUT2D eigenvalue weighted by atomic mass is 16.6. The highest BCUT2D eigenvalue weighted by Gasteiger charge is 2.35. The Balaban J connectivity index is 1.58. The van der Waals surface area contributed by atoms with Crippen LogP contribution < -0.4 is 5.32 Å². The number of nitro benzene ring substituents is 1. The van der Waals surface area contributed by atoms with E-state index in [1.54, 1.807) is 0 Å². The number of rotatable bonds is 6. The van der Waals surface area contributed by atoms with E-state index in [0.717, 1.165) is 22.3 Å². The number of aliphatic carboxylic acids is 1. The first-order valence-electron chi connectivity index (χ1n) is 9.40. The van der Waals surface area contributed by atoms with E-state index in [1.165, 1.54) is 24.3 Å². The SMILES string of the molecule is O=C(N[C@H](Cc1ccc([N+](=O)[O-])cc1)C(=O)O)C1c2ccccc2-c2ccccc21. The summed E-state index contributed by atoms with van der Waals surface area (Å²) in [5.74, 6) is -2.14. The molecular formula is C23H18N2O5. The summed E-state index contributed by atoms with van der Waals surface area (Å²) in [5.41, 5.74) is 4.13. The van der Waals surface area contributed by atoms with E-state index >= 15 is 0 Å². The maximum Gasteiger partial charge on any atom is 0.326 e. The van der Waals surface area contributed by atoms with Gasteiger partial charge in [0.1, 0.15) is 6.04 Å². The normalized spacial score (nSPS) is 13.2. The van der Waals surface area contributed by atoms with Gasteiger partial charge in [0.25, 0.3) is 5.69 Å². The van der Waals surface area contributed by atoms with Crippen LogP contribution in [0.2, 0.25) is 0 Å². The van der Waals surface area contributed by atoms with Gasteiger partial charge in [-0.1, -0.05) is 60.7 Å². The van der Waals surface area contributed by atoms with Gasteiger partial charge in [0, 0.05) is 18.6 Å². The van der Waals surface area contributed by atoms with Gasteiger partial charge in [0.15, 0.2) is 0 Å². The first kappa shape index (κ1) is 19.3. The fourth-order valence-electron chi connectivity index (χ4n) is 3.88. The van der Waals surface area contributed by atoms with Crippen molar-refractivity contribution in [3.8, 4) is 11.1 Å². The van der Waals surface area contributed by atoms with Crippen molar-refractivity contribution in [2.75, 3.05) is 0 Å². The van der Waals surface area contributed by atoms with Crippen LogP contribution in [0.3, 0.4) is 0 Å².